The Hall–Kier alpha value is -0.410. The quantitative estimate of drug-likeness (QED) is 0.695. The number of ketones is 1. The van der Waals surface area contributed by atoms with Crippen molar-refractivity contribution in [2.24, 2.45) is 0 Å². The molecule has 15 heavy (non-hydrogen) atoms. The van der Waals surface area contributed by atoms with Crippen LogP contribution < -0.4 is 0 Å². The lowest BCUT2D eigenvalue weighted by Crippen LogP contribution is -2.57. The molecule has 1 saturated carbocycles. The molecule has 0 amide bonds. The van der Waals surface area contributed by atoms with Crippen molar-refractivity contribution in [1.29, 1.82) is 0 Å². The second-order valence-corrected chi connectivity index (χ2v) is 4.79. The highest BCUT2D eigenvalue weighted by molar-refractivity contribution is 5.81. The van der Waals surface area contributed by atoms with E-state index in [2.05, 4.69) is 4.90 Å². The fourth-order valence-electron chi connectivity index (χ4n) is 2.84. The number of hydrogen-bond acceptors (Lipinski definition) is 3. The summed E-state index contributed by atoms with van der Waals surface area (Å²) in [4.78, 5) is 13.8. The van der Waals surface area contributed by atoms with E-state index in [4.69, 9.17) is 4.74 Å². The number of fused-ring (bicyclic) bond motifs is 1. The molecule has 1 saturated heterocycles. The van der Waals surface area contributed by atoms with Gasteiger partial charge in [0.15, 0.2) is 0 Å². The summed E-state index contributed by atoms with van der Waals surface area (Å²) in [6, 6.07) is 0.561. The number of nitrogens with zero attached hydrogens (tertiary/aromatic N) is 1. The monoisotopic (exact) mass is 211 g/mol. The van der Waals surface area contributed by atoms with E-state index >= 15 is 0 Å². The van der Waals surface area contributed by atoms with Gasteiger partial charge < -0.3 is 4.74 Å². The van der Waals surface area contributed by atoms with Gasteiger partial charge in [-0.1, -0.05) is 12.8 Å². The normalized spacial score (nSPS) is 34.5. The van der Waals surface area contributed by atoms with E-state index < -0.39 is 0 Å². The zero-order valence-electron chi connectivity index (χ0n) is 9.74. The van der Waals surface area contributed by atoms with Crippen LogP contribution in [-0.4, -0.2) is 42.0 Å². The number of carbonyl (C=O) groups excluding carboxylic acids is 1. The molecule has 3 nitrogen and oxygen atoms in total. The SMILES string of the molecule is CC(=O)C(C)N1CCOC2CCCCC21. The molecule has 0 N–H and O–H groups in total. The third kappa shape index (κ3) is 2.23. The van der Waals surface area contributed by atoms with E-state index in [9.17, 15) is 4.79 Å². The van der Waals surface area contributed by atoms with Crippen LogP contribution in [0.1, 0.15) is 39.5 Å². The highest BCUT2D eigenvalue weighted by atomic mass is 16.5. The number of Topliss-reactive ketones (excluding diaryl/α,β-unsaturated/α-hetero) is 1. The smallest absolute Gasteiger partial charge is 0.146 e. The van der Waals surface area contributed by atoms with Gasteiger partial charge in [-0.25, -0.2) is 0 Å². The zero-order chi connectivity index (χ0) is 10.8. The van der Waals surface area contributed by atoms with Gasteiger partial charge in [0.05, 0.1) is 18.8 Å². The first kappa shape index (κ1) is 11.1. The van der Waals surface area contributed by atoms with Crippen molar-refractivity contribution in [3.63, 3.8) is 0 Å². The summed E-state index contributed by atoms with van der Waals surface area (Å²) >= 11 is 0. The Morgan fingerprint density at radius 2 is 2.13 bits per heavy atom. The molecule has 1 aliphatic carbocycles. The van der Waals surface area contributed by atoms with Gasteiger partial charge in [0, 0.05) is 12.6 Å². The van der Waals surface area contributed by atoms with Crippen molar-refractivity contribution in [3.8, 4) is 0 Å². The predicted octanol–water partition coefficient (Wildman–Crippen LogP) is 1.61. The van der Waals surface area contributed by atoms with Gasteiger partial charge >= 0.3 is 0 Å². The van der Waals surface area contributed by atoms with Crippen LogP contribution in [0.25, 0.3) is 0 Å². The van der Waals surface area contributed by atoms with Crippen molar-refractivity contribution in [1.82, 2.24) is 4.90 Å². The van der Waals surface area contributed by atoms with E-state index in [1.807, 2.05) is 6.92 Å². The van der Waals surface area contributed by atoms with Crippen molar-refractivity contribution in [2.75, 3.05) is 13.2 Å². The molecule has 2 fully saturated rings. The molecule has 1 aliphatic heterocycles. The molecule has 0 aromatic heterocycles. The van der Waals surface area contributed by atoms with E-state index in [0.717, 1.165) is 13.2 Å². The minimum absolute atomic E-state index is 0.0690. The summed E-state index contributed by atoms with van der Waals surface area (Å²) < 4.78 is 5.79. The average molecular weight is 211 g/mol. The first-order valence-electron chi connectivity index (χ1n) is 6.08. The van der Waals surface area contributed by atoms with E-state index in [1.54, 1.807) is 6.92 Å². The molecule has 1 heterocycles. The van der Waals surface area contributed by atoms with Crippen LogP contribution in [0.5, 0.6) is 0 Å². The van der Waals surface area contributed by atoms with Crippen LogP contribution in [0, 0.1) is 0 Å². The molecule has 2 rings (SSSR count). The topological polar surface area (TPSA) is 29.5 Å². The first-order chi connectivity index (χ1) is 7.20. The second-order valence-electron chi connectivity index (χ2n) is 4.79. The number of morpholine rings is 1. The van der Waals surface area contributed by atoms with Gasteiger partial charge in [-0.05, 0) is 26.7 Å². The van der Waals surface area contributed by atoms with E-state index in [0.29, 0.717) is 12.1 Å². The highest BCUT2D eigenvalue weighted by Gasteiger charge is 2.37. The maximum atomic E-state index is 11.4. The van der Waals surface area contributed by atoms with Crippen LogP contribution in [0.2, 0.25) is 0 Å². The molecule has 2 aliphatic rings. The lowest BCUT2D eigenvalue weighted by Gasteiger charge is -2.45. The Balaban J connectivity index is 2.06. The van der Waals surface area contributed by atoms with Gasteiger partial charge in [-0.3, -0.25) is 9.69 Å². The van der Waals surface area contributed by atoms with Gasteiger partial charge in [-0.2, -0.15) is 0 Å². The molecule has 0 radical (unpaired) electrons. The van der Waals surface area contributed by atoms with E-state index in [1.165, 1.54) is 25.7 Å². The number of carbonyl (C=O) groups is 1. The highest BCUT2D eigenvalue weighted by Crippen LogP contribution is 2.29. The molecule has 3 unspecified atom stereocenters. The molecule has 0 spiro atoms. The van der Waals surface area contributed by atoms with Crippen molar-refractivity contribution in [3.05, 3.63) is 0 Å². The summed E-state index contributed by atoms with van der Waals surface area (Å²) in [5, 5.41) is 0. The minimum Gasteiger partial charge on any atom is -0.375 e. The van der Waals surface area contributed by atoms with Crippen LogP contribution in [0.3, 0.4) is 0 Å². The van der Waals surface area contributed by atoms with Crippen molar-refractivity contribution < 1.29 is 9.53 Å². The lowest BCUT2D eigenvalue weighted by molar-refractivity contribution is -0.133. The first-order valence-corrected chi connectivity index (χ1v) is 6.08. The number of hydrogen-bond donors (Lipinski definition) is 0. The Labute approximate surface area is 91.8 Å². The second kappa shape index (κ2) is 4.62. The maximum Gasteiger partial charge on any atom is 0.146 e. The molecule has 0 aromatic carbocycles. The Morgan fingerprint density at radius 1 is 1.40 bits per heavy atom. The third-order valence-corrected chi connectivity index (χ3v) is 3.86. The number of rotatable bonds is 2. The zero-order valence-corrected chi connectivity index (χ0v) is 9.74. The van der Waals surface area contributed by atoms with E-state index in [-0.39, 0.29) is 11.8 Å². The molecule has 3 atom stereocenters. The summed E-state index contributed by atoms with van der Waals surface area (Å²) in [5.41, 5.74) is 0. The Kier molecular flexibility index (Phi) is 3.42. The molecular formula is C12H21NO2. The van der Waals surface area contributed by atoms with Gasteiger partial charge in [0.2, 0.25) is 0 Å². The molecule has 0 aromatic rings. The minimum atomic E-state index is 0.0690. The predicted molar refractivity (Wildman–Crippen MR) is 58.8 cm³/mol. The van der Waals surface area contributed by atoms with Crippen molar-refractivity contribution in [2.45, 2.75) is 57.7 Å². The molecule has 86 valence electrons. The summed E-state index contributed by atoms with van der Waals surface area (Å²) in [6.45, 7) is 5.43. The fourth-order valence-corrected chi connectivity index (χ4v) is 2.84. The Morgan fingerprint density at radius 3 is 2.87 bits per heavy atom. The van der Waals surface area contributed by atoms with Gasteiger partial charge in [0.1, 0.15) is 5.78 Å². The Bertz CT molecular complexity index is 240. The average Bonchev–Trinajstić information content (AvgIpc) is 2.27. The lowest BCUT2D eigenvalue weighted by atomic mass is 9.89. The largest absolute Gasteiger partial charge is 0.375 e. The van der Waals surface area contributed by atoms with Gasteiger partial charge in [0.25, 0.3) is 0 Å². The summed E-state index contributed by atoms with van der Waals surface area (Å²) in [5.74, 6) is 0.279. The van der Waals surface area contributed by atoms with Crippen LogP contribution in [0.15, 0.2) is 0 Å². The van der Waals surface area contributed by atoms with Crippen LogP contribution in [0.4, 0.5) is 0 Å². The fraction of sp³-hybridized carbons (Fsp3) is 0.917. The third-order valence-electron chi connectivity index (χ3n) is 3.86. The molecule has 0 bridgehead atoms. The van der Waals surface area contributed by atoms with Crippen LogP contribution >= 0.6 is 0 Å². The van der Waals surface area contributed by atoms with Gasteiger partial charge in [-0.15, -0.1) is 0 Å². The number of ether oxygens (including phenoxy) is 1. The summed E-state index contributed by atoms with van der Waals surface area (Å²) in [7, 11) is 0. The van der Waals surface area contributed by atoms with Crippen LogP contribution in [-0.2, 0) is 9.53 Å². The van der Waals surface area contributed by atoms with Crippen molar-refractivity contribution >= 4 is 5.78 Å². The molecule has 3 heteroatoms. The summed E-state index contributed by atoms with van der Waals surface area (Å²) in [6.07, 6.45) is 5.32. The molecular weight excluding hydrogens is 190 g/mol. The maximum absolute atomic E-state index is 11.4. The standard InChI is InChI=1S/C12H21NO2/c1-9(10(2)14)13-7-8-15-12-6-4-3-5-11(12)13/h9,11-12H,3-8H2,1-2H3.